The number of aliphatic imine (C=N–C) groups is 1. The lowest BCUT2D eigenvalue weighted by Gasteiger charge is -2.37. The quantitative estimate of drug-likeness (QED) is 0.251. The lowest BCUT2D eigenvalue weighted by molar-refractivity contribution is 0.107. The van der Waals surface area contributed by atoms with E-state index in [4.69, 9.17) is 9.73 Å². The monoisotopic (exact) mass is 497 g/mol. The van der Waals surface area contributed by atoms with Gasteiger partial charge in [-0.1, -0.05) is 6.92 Å². The Bertz CT molecular complexity index is 424. The van der Waals surface area contributed by atoms with E-state index in [0.717, 1.165) is 58.1 Å². The first-order valence-corrected chi connectivity index (χ1v) is 10.3. The first-order chi connectivity index (χ1) is 12.6. The number of halogens is 1. The van der Waals surface area contributed by atoms with Crippen LogP contribution in [0.25, 0.3) is 0 Å². The van der Waals surface area contributed by atoms with Crippen LogP contribution in [0.5, 0.6) is 0 Å². The maximum absolute atomic E-state index is 9.37. The fourth-order valence-electron chi connectivity index (χ4n) is 3.77. The molecular formula is C19H40IN5O2. The highest BCUT2D eigenvalue weighted by Gasteiger charge is 2.34. The van der Waals surface area contributed by atoms with Crippen LogP contribution >= 0.6 is 24.0 Å². The van der Waals surface area contributed by atoms with Crippen molar-refractivity contribution in [2.45, 2.75) is 39.7 Å². The molecule has 3 N–H and O–H groups in total. The van der Waals surface area contributed by atoms with E-state index in [1.807, 2.05) is 0 Å². The number of likely N-dealkylation sites (N-methyl/N-ethyl adjacent to an activating group) is 1. The Morgan fingerprint density at radius 1 is 1.22 bits per heavy atom. The molecule has 2 saturated heterocycles. The zero-order chi connectivity index (χ0) is 18.8. The first kappa shape index (κ1) is 24.9. The molecule has 7 nitrogen and oxygen atoms in total. The summed E-state index contributed by atoms with van der Waals surface area (Å²) in [6.45, 7) is 16.5. The third-order valence-corrected chi connectivity index (χ3v) is 5.79. The second-order valence-corrected chi connectivity index (χ2v) is 7.67. The molecule has 0 spiro atoms. The Labute approximate surface area is 182 Å². The third-order valence-electron chi connectivity index (χ3n) is 5.79. The van der Waals surface area contributed by atoms with Crippen LogP contribution in [0.2, 0.25) is 0 Å². The number of ether oxygens (including phenoxy) is 1. The SMILES string of the molecule is CCNC(=NCC1(CCO)CCOC1)NCC(C)N1CCN(CC)CC1.I. The minimum Gasteiger partial charge on any atom is -0.396 e. The Balaban J connectivity index is 0.00000364. The smallest absolute Gasteiger partial charge is 0.191 e. The van der Waals surface area contributed by atoms with E-state index in [9.17, 15) is 5.11 Å². The van der Waals surface area contributed by atoms with Crippen molar-refractivity contribution in [3.8, 4) is 0 Å². The van der Waals surface area contributed by atoms with Gasteiger partial charge in [-0.25, -0.2) is 0 Å². The summed E-state index contributed by atoms with van der Waals surface area (Å²) in [6, 6.07) is 0.485. The van der Waals surface area contributed by atoms with Crippen LogP contribution in [-0.2, 0) is 4.74 Å². The number of guanidine groups is 1. The van der Waals surface area contributed by atoms with Crippen molar-refractivity contribution in [2.75, 3.05) is 72.2 Å². The van der Waals surface area contributed by atoms with Crippen molar-refractivity contribution in [3.63, 3.8) is 0 Å². The zero-order valence-electron chi connectivity index (χ0n) is 17.4. The number of hydrogen-bond donors (Lipinski definition) is 3. The van der Waals surface area contributed by atoms with Gasteiger partial charge in [0.15, 0.2) is 5.96 Å². The zero-order valence-corrected chi connectivity index (χ0v) is 19.7. The summed E-state index contributed by atoms with van der Waals surface area (Å²) < 4.78 is 5.57. The van der Waals surface area contributed by atoms with Gasteiger partial charge in [-0.2, -0.15) is 0 Å². The van der Waals surface area contributed by atoms with E-state index >= 15 is 0 Å². The largest absolute Gasteiger partial charge is 0.396 e. The van der Waals surface area contributed by atoms with Crippen molar-refractivity contribution < 1.29 is 9.84 Å². The molecule has 2 fully saturated rings. The predicted molar refractivity (Wildman–Crippen MR) is 122 cm³/mol. The fraction of sp³-hybridized carbons (Fsp3) is 0.947. The lowest BCUT2D eigenvalue weighted by Crippen LogP contribution is -2.53. The minimum absolute atomic E-state index is 0. The molecule has 27 heavy (non-hydrogen) atoms. The molecule has 0 aromatic rings. The van der Waals surface area contributed by atoms with Crippen molar-refractivity contribution in [1.29, 1.82) is 0 Å². The van der Waals surface area contributed by atoms with Gasteiger partial charge >= 0.3 is 0 Å². The molecule has 8 heteroatoms. The molecule has 2 atom stereocenters. The van der Waals surface area contributed by atoms with E-state index < -0.39 is 0 Å². The van der Waals surface area contributed by atoms with Crippen molar-refractivity contribution in [1.82, 2.24) is 20.4 Å². The van der Waals surface area contributed by atoms with Gasteiger partial charge in [0.2, 0.25) is 0 Å². The highest BCUT2D eigenvalue weighted by atomic mass is 127. The standard InChI is InChI=1S/C19H39N5O2.HI/c1-4-20-18(22-15-19(6-12-25)7-13-26-16-19)21-14-17(3)24-10-8-23(5-2)9-11-24;/h17,25H,4-16H2,1-3H3,(H2,20,21,22);1H. The maximum Gasteiger partial charge on any atom is 0.191 e. The highest BCUT2D eigenvalue weighted by molar-refractivity contribution is 14.0. The lowest BCUT2D eigenvalue weighted by atomic mass is 9.84. The minimum atomic E-state index is -0.000795. The molecule has 0 aliphatic carbocycles. The summed E-state index contributed by atoms with van der Waals surface area (Å²) in [7, 11) is 0. The van der Waals surface area contributed by atoms with Crippen LogP contribution in [0, 0.1) is 5.41 Å². The molecule has 0 saturated carbocycles. The summed E-state index contributed by atoms with van der Waals surface area (Å²) in [4.78, 5) is 9.87. The van der Waals surface area contributed by atoms with Crippen LogP contribution < -0.4 is 10.6 Å². The molecule has 160 valence electrons. The predicted octanol–water partition coefficient (Wildman–Crippen LogP) is 0.975. The summed E-state index contributed by atoms with van der Waals surface area (Å²) in [6.07, 6.45) is 1.74. The van der Waals surface area contributed by atoms with Crippen LogP contribution in [-0.4, -0.2) is 99.1 Å². The van der Waals surface area contributed by atoms with Gasteiger partial charge in [0.05, 0.1) is 13.2 Å². The number of rotatable bonds is 9. The summed E-state index contributed by atoms with van der Waals surface area (Å²) in [5.41, 5.74) is -0.000795. The average molecular weight is 497 g/mol. The topological polar surface area (TPSA) is 72.4 Å². The maximum atomic E-state index is 9.37. The molecule has 2 unspecified atom stereocenters. The molecule has 0 radical (unpaired) electrons. The van der Waals surface area contributed by atoms with Gasteiger partial charge in [0.1, 0.15) is 0 Å². The molecular weight excluding hydrogens is 457 g/mol. The van der Waals surface area contributed by atoms with Gasteiger partial charge < -0.3 is 25.4 Å². The fourth-order valence-corrected chi connectivity index (χ4v) is 3.77. The summed E-state index contributed by atoms with van der Waals surface area (Å²) >= 11 is 0. The van der Waals surface area contributed by atoms with E-state index in [1.165, 1.54) is 13.1 Å². The first-order valence-electron chi connectivity index (χ1n) is 10.3. The van der Waals surface area contributed by atoms with Crippen LogP contribution in [0.15, 0.2) is 4.99 Å². The third kappa shape index (κ3) is 8.00. The van der Waals surface area contributed by atoms with E-state index in [1.54, 1.807) is 0 Å². The molecule has 2 rings (SSSR count). The Kier molecular flexibility index (Phi) is 12.1. The van der Waals surface area contributed by atoms with Gasteiger partial charge in [-0.15, -0.1) is 24.0 Å². The van der Waals surface area contributed by atoms with Crippen LogP contribution in [0.1, 0.15) is 33.6 Å². The Morgan fingerprint density at radius 3 is 2.52 bits per heavy atom. The van der Waals surface area contributed by atoms with Crippen LogP contribution in [0.3, 0.4) is 0 Å². The number of nitrogens with one attached hydrogen (secondary N) is 2. The Morgan fingerprint density at radius 2 is 1.96 bits per heavy atom. The van der Waals surface area contributed by atoms with Crippen molar-refractivity contribution in [3.05, 3.63) is 0 Å². The molecule has 2 heterocycles. The van der Waals surface area contributed by atoms with Gasteiger partial charge in [-0.05, 0) is 33.2 Å². The number of piperazine rings is 1. The van der Waals surface area contributed by atoms with Crippen molar-refractivity contribution in [2.24, 2.45) is 10.4 Å². The number of aliphatic hydroxyl groups excluding tert-OH is 1. The van der Waals surface area contributed by atoms with Gasteiger partial charge in [0.25, 0.3) is 0 Å². The summed E-state index contributed by atoms with van der Waals surface area (Å²) in [5.74, 6) is 0.871. The molecule has 2 aliphatic heterocycles. The average Bonchev–Trinajstić information content (AvgIpc) is 3.13. The van der Waals surface area contributed by atoms with E-state index in [2.05, 4.69) is 41.2 Å². The normalized spacial score (nSPS) is 25.9. The van der Waals surface area contributed by atoms with Gasteiger partial charge in [-0.3, -0.25) is 9.89 Å². The van der Waals surface area contributed by atoms with Gasteiger partial charge in [0, 0.05) is 63.9 Å². The van der Waals surface area contributed by atoms with E-state index in [0.29, 0.717) is 19.2 Å². The van der Waals surface area contributed by atoms with Crippen LogP contribution in [0.4, 0.5) is 0 Å². The van der Waals surface area contributed by atoms with Crippen molar-refractivity contribution >= 4 is 29.9 Å². The Hall–Kier alpha value is -0.160. The molecule has 0 aromatic heterocycles. The second kappa shape index (κ2) is 13.1. The summed E-state index contributed by atoms with van der Waals surface area (Å²) in [5, 5.41) is 16.2. The number of hydrogen-bond acceptors (Lipinski definition) is 5. The highest BCUT2D eigenvalue weighted by Crippen LogP contribution is 2.32. The molecule has 2 aliphatic rings. The molecule has 0 aromatic carbocycles. The molecule has 0 amide bonds. The number of nitrogens with zero attached hydrogens (tertiary/aromatic N) is 3. The number of aliphatic hydroxyl groups is 1. The van der Waals surface area contributed by atoms with E-state index in [-0.39, 0.29) is 36.0 Å². The second-order valence-electron chi connectivity index (χ2n) is 7.67. The molecule has 0 bridgehead atoms.